The summed E-state index contributed by atoms with van der Waals surface area (Å²) in [5, 5.41) is 11.0. The van der Waals surface area contributed by atoms with Gasteiger partial charge in [0.25, 0.3) is 11.2 Å². The maximum Gasteiger partial charge on any atom is 0.338 e. The summed E-state index contributed by atoms with van der Waals surface area (Å²) in [6.07, 6.45) is 3.00. The van der Waals surface area contributed by atoms with Crippen molar-refractivity contribution >= 4 is 29.1 Å². The molecule has 1 unspecified atom stereocenters. The zero-order valence-electron chi connectivity index (χ0n) is 23.8. The number of fused-ring (bicyclic) bond motifs is 1. The van der Waals surface area contributed by atoms with Crippen molar-refractivity contribution in [1.82, 2.24) is 4.57 Å². The monoisotopic (exact) mass is 585 g/mol. The standard InChI is InChI=1S/C32H31N3O6S/c1-5-7-25-28(31(37)40-6-2)29(22-10-8-20(9-11-22)19(3)4)34-30(36)27(42-32(34)33-25)18-24-16-17-26(41-24)21-12-14-23(15-13-21)35(38)39/h8-19,29H,5-7H2,1-4H3/b27-18-. The fraction of sp³-hybridized carbons (Fsp3) is 0.281. The molecule has 2 aromatic carbocycles. The van der Waals surface area contributed by atoms with Gasteiger partial charge in [-0.3, -0.25) is 19.5 Å². The Kier molecular flexibility index (Phi) is 8.35. The first kappa shape index (κ1) is 28.9. The summed E-state index contributed by atoms with van der Waals surface area (Å²) in [5.74, 6) is 0.823. The Hall–Kier alpha value is -4.57. The Balaban J connectivity index is 1.63. The number of ether oxygens (including phenoxy) is 1. The van der Waals surface area contributed by atoms with E-state index in [0.717, 1.165) is 17.5 Å². The molecule has 10 heteroatoms. The molecule has 0 spiro atoms. The van der Waals surface area contributed by atoms with E-state index in [1.807, 2.05) is 31.2 Å². The van der Waals surface area contributed by atoms with E-state index in [2.05, 4.69) is 13.8 Å². The van der Waals surface area contributed by atoms with Gasteiger partial charge in [0.1, 0.15) is 11.5 Å². The minimum Gasteiger partial charge on any atom is -0.463 e. The van der Waals surface area contributed by atoms with Crippen LogP contribution in [-0.2, 0) is 9.53 Å². The predicted molar refractivity (Wildman–Crippen MR) is 161 cm³/mol. The zero-order chi connectivity index (χ0) is 30.0. The maximum absolute atomic E-state index is 13.9. The summed E-state index contributed by atoms with van der Waals surface area (Å²) in [7, 11) is 0. The molecular formula is C32H31N3O6S. The molecule has 0 aliphatic carbocycles. The summed E-state index contributed by atoms with van der Waals surface area (Å²) < 4.78 is 13.4. The molecular weight excluding hydrogens is 554 g/mol. The summed E-state index contributed by atoms with van der Waals surface area (Å²) in [6.45, 7) is 8.22. The van der Waals surface area contributed by atoms with E-state index in [9.17, 15) is 19.7 Å². The van der Waals surface area contributed by atoms with Crippen LogP contribution in [0.25, 0.3) is 17.4 Å². The quantitative estimate of drug-likeness (QED) is 0.138. The van der Waals surface area contributed by atoms with Gasteiger partial charge in [-0.15, -0.1) is 0 Å². The maximum atomic E-state index is 13.9. The molecule has 0 amide bonds. The van der Waals surface area contributed by atoms with Crippen LogP contribution >= 0.6 is 11.3 Å². The van der Waals surface area contributed by atoms with Crippen LogP contribution in [0.2, 0.25) is 0 Å². The van der Waals surface area contributed by atoms with Gasteiger partial charge >= 0.3 is 5.97 Å². The van der Waals surface area contributed by atoms with Crippen molar-refractivity contribution in [2.24, 2.45) is 4.99 Å². The molecule has 2 aromatic heterocycles. The average molecular weight is 586 g/mol. The predicted octanol–water partition coefficient (Wildman–Crippen LogP) is 5.87. The number of hydrogen-bond acceptors (Lipinski definition) is 8. The number of nitro benzene ring substituents is 1. The molecule has 42 heavy (non-hydrogen) atoms. The van der Waals surface area contributed by atoms with Gasteiger partial charge in [0, 0.05) is 23.8 Å². The average Bonchev–Trinajstić information content (AvgIpc) is 3.57. The summed E-state index contributed by atoms with van der Waals surface area (Å²) in [6, 6.07) is 16.9. The molecule has 0 saturated heterocycles. The molecule has 1 aliphatic rings. The molecule has 4 aromatic rings. The number of nitro groups is 1. The Morgan fingerprint density at radius 1 is 1.12 bits per heavy atom. The first-order valence-corrected chi connectivity index (χ1v) is 14.7. The molecule has 1 atom stereocenters. The van der Waals surface area contributed by atoms with Gasteiger partial charge in [-0.05, 0) is 54.7 Å². The third-order valence-electron chi connectivity index (χ3n) is 7.07. The minimum atomic E-state index is -0.683. The van der Waals surface area contributed by atoms with Crippen LogP contribution in [-0.4, -0.2) is 22.1 Å². The largest absolute Gasteiger partial charge is 0.463 e. The highest BCUT2D eigenvalue weighted by molar-refractivity contribution is 7.07. The van der Waals surface area contributed by atoms with E-state index in [-0.39, 0.29) is 17.9 Å². The normalized spacial score (nSPS) is 15.1. The number of hydrogen-bond donors (Lipinski definition) is 0. The Labute approximate surface area is 246 Å². The van der Waals surface area contributed by atoms with Crippen molar-refractivity contribution in [2.45, 2.75) is 52.5 Å². The van der Waals surface area contributed by atoms with Crippen LogP contribution in [0.5, 0.6) is 0 Å². The summed E-state index contributed by atoms with van der Waals surface area (Å²) in [5.41, 5.74) is 3.34. The van der Waals surface area contributed by atoms with Gasteiger partial charge in [0.05, 0.1) is 33.4 Å². The number of thiazole rings is 1. The van der Waals surface area contributed by atoms with Crippen molar-refractivity contribution in [3.05, 3.63) is 119 Å². The number of aromatic nitrogens is 1. The highest BCUT2D eigenvalue weighted by Crippen LogP contribution is 2.33. The fourth-order valence-corrected chi connectivity index (χ4v) is 5.96. The Bertz CT molecular complexity index is 1840. The summed E-state index contributed by atoms with van der Waals surface area (Å²) in [4.78, 5) is 43.1. The van der Waals surface area contributed by atoms with Gasteiger partial charge in [-0.1, -0.05) is 62.8 Å². The highest BCUT2D eigenvalue weighted by Gasteiger charge is 2.34. The Morgan fingerprint density at radius 3 is 2.45 bits per heavy atom. The van der Waals surface area contributed by atoms with Crippen LogP contribution in [0.15, 0.2) is 86.1 Å². The third kappa shape index (κ3) is 5.62. The zero-order valence-corrected chi connectivity index (χ0v) is 24.6. The molecule has 0 N–H and O–H groups in total. The second-order valence-electron chi connectivity index (χ2n) is 10.2. The smallest absolute Gasteiger partial charge is 0.338 e. The van der Waals surface area contributed by atoms with Crippen LogP contribution in [0.1, 0.15) is 69.4 Å². The van der Waals surface area contributed by atoms with E-state index in [1.54, 1.807) is 41.8 Å². The van der Waals surface area contributed by atoms with Gasteiger partial charge in [0.2, 0.25) is 0 Å². The van der Waals surface area contributed by atoms with Gasteiger partial charge in [0.15, 0.2) is 4.80 Å². The third-order valence-corrected chi connectivity index (χ3v) is 8.06. The lowest BCUT2D eigenvalue weighted by molar-refractivity contribution is -0.384. The van der Waals surface area contributed by atoms with Crippen molar-refractivity contribution in [3.8, 4) is 11.3 Å². The molecule has 0 saturated carbocycles. The lowest BCUT2D eigenvalue weighted by Crippen LogP contribution is -2.40. The molecule has 0 fully saturated rings. The highest BCUT2D eigenvalue weighted by atomic mass is 32.1. The second-order valence-corrected chi connectivity index (χ2v) is 11.3. The number of non-ortho nitro benzene ring substituents is 1. The van der Waals surface area contributed by atoms with E-state index in [0.29, 0.717) is 50.0 Å². The first-order valence-electron chi connectivity index (χ1n) is 13.9. The first-order chi connectivity index (χ1) is 20.2. The van der Waals surface area contributed by atoms with E-state index in [1.165, 1.54) is 23.5 Å². The van der Waals surface area contributed by atoms with Crippen LogP contribution in [0, 0.1) is 10.1 Å². The lowest BCUT2D eigenvalue weighted by atomic mass is 9.92. The molecule has 3 heterocycles. The SMILES string of the molecule is CCCC1=C(C(=O)OCC)C(c2ccc(C(C)C)cc2)n2c(s/c(=C\c3ccc(-c4ccc([N+](=O)[O-])cc4)o3)c2=O)=N1. The lowest BCUT2D eigenvalue weighted by Gasteiger charge is -2.26. The van der Waals surface area contributed by atoms with Crippen molar-refractivity contribution in [1.29, 1.82) is 0 Å². The van der Waals surface area contributed by atoms with Crippen molar-refractivity contribution in [3.63, 3.8) is 0 Å². The molecule has 9 nitrogen and oxygen atoms in total. The van der Waals surface area contributed by atoms with Crippen molar-refractivity contribution < 1.29 is 18.9 Å². The number of rotatable bonds is 9. The number of furan rings is 1. The van der Waals surface area contributed by atoms with Crippen LogP contribution < -0.4 is 14.9 Å². The number of carbonyl (C=O) groups excluding carboxylic acids is 1. The number of esters is 1. The summed E-state index contributed by atoms with van der Waals surface area (Å²) >= 11 is 1.24. The second kappa shape index (κ2) is 12.1. The van der Waals surface area contributed by atoms with E-state index < -0.39 is 16.9 Å². The number of allylic oxidation sites excluding steroid dienone is 1. The molecule has 216 valence electrons. The topological polar surface area (TPSA) is 117 Å². The molecule has 1 aliphatic heterocycles. The van der Waals surface area contributed by atoms with Gasteiger partial charge < -0.3 is 9.15 Å². The van der Waals surface area contributed by atoms with Crippen molar-refractivity contribution in [2.75, 3.05) is 6.61 Å². The Morgan fingerprint density at radius 2 is 1.83 bits per heavy atom. The van der Waals surface area contributed by atoms with Crippen LogP contribution in [0.3, 0.4) is 0 Å². The van der Waals surface area contributed by atoms with Crippen LogP contribution in [0.4, 0.5) is 5.69 Å². The number of carbonyl (C=O) groups is 1. The fourth-order valence-electron chi connectivity index (χ4n) is 4.96. The van der Waals surface area contributed by atoms with E-state index in [4.69, 9.17) is 14.1 Å². The molecule has 0 radical (unpaired) electrons. The van der Waals surface area contributed by atoms with Gasteiger partial charge in [-0.25, -0.2) is 9.79 Å². The minimum absolute atomic E-state index is 0.00957. The molecule has 5 rings (SSSR count). The number of benzene rings is 2. The number of nitrogens with zero attached hydrogens (tertiary/aromatic N) is 3. The van der Waals surface area contributed by atoms with Gasteiger partial charge in [-0.2, -0.15) is 0 Å². The van der Waals surface area contributed by atoms with E-state index >= 15 is 0 Å². The molecule has 0 bridgehead atoms.